The molecule has 10 heteroatoms. The molecule has 0 unspecified atom stereocenters. The Morgan fingerprint density at radius 3 is 2.74 bits per heavy atom. The van der Waals surface area contributed by atoms with Crippen LogP contribution in [0, 0.1) is 17.2 Å². The van der Waals surface area contributed by atoms with E-state index in [1.807, 2.05) is 23.2 Å². The summed E-state index contributed by atoms with van der Waals surface area (Å²) in [6, 6.07) is 3.23. The number of pyridine rings is 2. The number of anilines is 1. The lowest BCUT2D eigenvalue weighted by atomic mass is 9.98. The Bertz CT molecular complexity index is 1020. The minimum Gasteiger partial charge on any atom is -0.481 e. The van der Waals surface area contributed by atoms with Gasteiger partial charge in [-0.2, -0.15) is 18.4 Å². The molecule has 0 radical (unpaired) electrons. The van der Waals surface area contributed by atoms with E-state index in [2.05, 4.69) is 9.97 Å². The molecule has 1 aliphatic rings. The van der Waals surface area contributed by atoms with Gasteiger partial charge in [0, 0.05) is 37.1 Å². The predicted molar refractivity (Wildman–Crippen MR) is 108 cm³/mol. The molecule has 1 aliphatic heterocycles. The summed E-state index contributed by atoms with van der Waals surface area (Å²) in [5.74, 6) is -0.287. The first-order chi connectivity index (χ1) is 14.7. The summed E-state index contributed by atoms with van der Waals surface area (Å²) >= 11 is 0. The van der Waals surface area contributed by atoms with E-state index in [9.17, 15) is 23.2 Å². The Labute approximate surface area is 177 Å². The maximum Gasteiger partial charge on any atom is 0.408 e. The van der Waals surface area contributed by atoms with Crippen LogP contribution < -0.4 is 15.0 Å². The zero-order valence-corrected chi connectivity index (χ0v) is 17.3. The van der Waals surface area contributed by atoms with Gasteiger partial charge in [0.25, 0.3) is 5.91 Å². The van der Waals surface area contributed by atoms with E-state index in [-0.39, 0.29) is 11.3 Å². The molecule has 0 aromatic carbocycles. The van der Waals surface area contributed by atoms with Crippen LogP contribution in [0.3, 0.4) is 0 Å². The SMILES string of the molecule is COc1cc(-c2c(C#N)ncc(C(=O)N[C@@H](C)C(F)(F)F)c2N2CC[C@@H](C)C2)ccn1. The normalized spacial score (nSPS) is 17.2. The summed E-state index contributed by atoms with van der Waals surface area (Å²) < 4.78 is 44.2. The number of alkyl halides is 3. The number of nitrogens with one attached hydrogen (secondary N) is 1. The Kier molecular flexibility index (Phi) is 6.34. The monoisotopic (exact) mass is 433 g/mol. The fourth-order valence-corrected chi connectivity index (χ4v) is 3.53. The number of ether oxygens (including phenoxy) is 1. The summed E-state index contributed by atoms with van der Waals surface area (Å²) in [6.07, 6.45) is -1.08. The fraction of sp³-hybridized carbons (Fsp3) is 0.429. The number of methoxy groups -OCH3 is 1. The van der Waals surface area contributed by atoms with Crippen molar-refractivity contribution in [1.29, 1.82) is 5.26 Å². The van der Waals surface area contributed by atoms with Crippen LogP contribution in [0.5, 0.6) is 5.88 Å². The highest BCUT2D eigenvalue weighted by atomic mass is 19.4. The first kappa shape index (κ1) is 22.3. The second kappa shape index (κ2) is 8.79. The second-order valence-corrected chi connectivity index (χ2v) is 7.52. The third kappa shape index (κ3) is 4.71. The molecule has 1 saturated heterocycles. The Morgan fingerprint density at radius 2 is 2.16 bits per heavy atom. The highest BCUT2D eigenvalue weighted by Gasteiger charge is 2.38. The van der Waals surface area contributed by atoms with Crippen LogP contribution in [0.2, 0.25) is 0 Å². The van der Waals surface area contributed by atoms with Gasteiger partial charge in [0.05, 0.1) is 18.4 Å². The lowest BCUT2D eigenvalue weighted by molar-refractivity contribution is -0.149. The van der Waals surface area contributed by atoms with Gasteiger partial charge in [0.15, 0.2) is 0 Å². The Morgan fingerprint density at radius 1 is 1.42 bits per heavy atom. The fourth-order valence-electron chi connectivity index (χ4n) is 3.53. The molecule has 1 amide bonds. The standard InChI is InChI=1S/C21H22F3N5O2/c1-12-5-7-29(11-12)19-15(20(30)28-13(2)21(22,23)24)10-27-16(9-25)18(19)14-4-6-26-17(8-14)31-3/h4,6,8,10,12-13H,5,7,11H2,1-3H3,(H,28,30)/t12-,13+/m1/s1. The van der Waals surface area contributed by atoms with E-state index >= 15 is 0 Å². The number of rotatable bonds is 5. The van der Waals surface area contributed by atoms with E-state index in [4.69, 9.17) is 4.74 Å². The average molecular weight is 433 g/mol. The van der Waals surface area contributed by atoms with Crippen molar-refractivity contribution >= 4 is 11.6 Å². The summed E-state index contributed by atoms with van der Waals surface area (Å²) in [6.45, 7) is 4.12. The van der Waals surface area contributed by atoms with Crippen LogP contribution >= 0.6 is 0 Å². The molecule has 7 nitrogen and oxygen atoms in total. The van der Waals surface area contributed by atoms with Crippen LogP contribution in [0.25, 0.3) is 11.1 Å². The van der Waals surface area contributed by atoms with Crippen molar-refractivity contribution in [2.45, 2.75) is 32.5 Å². The summed E-state index contributed by atoms with van der Waals surface area (Å²) in [5.41, 5.74) is 1.32. The number of carbonyl (C=O) groups is 1. The molecule has 2 aromatic rings. The van der Waals surface area contributed by atoms with Gasteiger partial charge in [0.1, 0.15) is 17.8 Å². The van der Waals surface area contributed by atoms with E-state index in [0.29, 0.717) is 41.7 Å². The number of carbonyl (C=O) groups excluding carboxylic acids is 1. The molecule has 164 valence electrons. The third-order valence-corrected chi connectivity index (χ3v) is 5.21. The number of nitrogens with zero attached hydrogens (tertiary/aromatic N) is 4. The van der Waals surface area contributed by atoms with Crippen LogP contribution in [0.1, 0.15) is 36.3 Å². The average Bonchev–Trinajstić information content (AvgIpc) is 3.17. The first-order valence-corrected chi connectivity index (χ1v) is 9.71. The quantitative estimate of drug-likeness (QED) is 0.776. The van der Waals surface area contributed by atoms with Gasteiger partial charge in [-0.05, 0) is 30.9 Å². The van der Waals surface area contributed by atoms with Gasteiger partial charge in [-0.3, -0.25) is 4.79 Å². The van der Waals surface area contributed by atoms with Crippen LogP contribution in [0.15, 0.2) is 24.5 Å². The van der Waals surface area contributed by atoms with E-state index < -0.39 is 18.1 Å². The molecule has 1 fully saturated rings. The topological polar surface area (TPSA) is 91.1 Å². The van der Waals surface area contributed by atoms with Gasteiger partial charge in [-0.1, -0.05) is 6.92 Å². The molecule has 0 aliphatic carbocycles. The van der Waals surface area contributed by atoms with E-state index in [0.717, 1.165) is 19.5 Å². The highest BCUT2D eigenvalue weighted by Crippen LogP contribution is 2.39. The first-order valence-electron chi connectivity index (χ1n) is 9.71. The zero-order valence-electron chi connectivity index (χ0n) is 17.3. The highest BCUT2D eigenvalue weighted by molar-refractivity contribution is 6.04. The van der Waals surface area contributed by atoms with Crippen molar-refractivity contribution in [1.82, 2.24) is 15.3 Å². The van der Waals surface area contributed by atoms with Gasteiger partial charge < -0.3 is 15.0 Å². The molecular formula is C21H22F3N5O2. The minimum absolute atomic E-state index is 0.0185. The predicted octanol–water partition coefficient (Wildman–Crippen LogP) is 3.55. The van der Waals surface area contributed by atoms with Crippen molar-refractivity contribution < 1.29 is 22.7 Å². The molecule has 31 heavy (non-hydrogen) atoms. The van der Waals surface area contributed by atoms with E-state index in [1.54, 1.807) is 12.1 Å². The molecule has 3 rings (SSSR count). The molecule has 0 bridgehead atoms. The molecule has 2 aromatic heterocycles. The van der Waals surface area contributed by atoms with Gasteiger partial charge in [0.2, 0.25) is 5.88 Å². The van der Waals surface area contributed by atoms with Gasteiger partial charge in [-0.15, -0.1) is 0 Å². The van der Waals surface area contributed by atoms with Crippen molar-refractivity contribution in [3.63, 3.8) is 0 Å². The summed E-state index contributed by atoms with van der Waals surface area (Å²) in [5, 5.41) is 11.7. The Hall–Kier alpha value is -3.35. The van der Waals surface area contributed by atoms with Gasteiger partial charge >= 0.3 is 6.18 Å². The third-order valence-electron chi connectivity index (χ3n) is 5.21. The number of hydrogen-bond acceptors (Lipinski definition) is 6. The van der Waals surface area contributed by atoms with Crippen LogP contribution in [0.4, 0.5) is 18.9 Å². The molecular weight excluding hydrogens is 411 g/mol. The van der Waals surface area contributed by atoms with Crippen LogP contribution in [-0.4, -0.2) is 48.3 Å². The number of aromatic nitrogens is 2. The minimum atomic E-state index is -4.58. The van der Waals surface area contributed by atoms with E-state index in [1.165, 1.54) is 13.3 Å². The Balaban J connectivity index is 2.20. The molecule has 2 atom stereocenters. The molecule has 1 N–H and O–H groups in total. The smallest absolute Gasteiger partial charge is 0.408 e. The van der Waals surface area contributed by atoms with Crippen molar-refractivity contribution in [2.24, 2.45) is 5.92 Å². The maximum atomic E-state index is 13.0. The summed E-state index contributed by atoms with van der Waals surface area (Å²) in [4.78, 5) is 22.9. The molecule has 0 spiro atoms. The second-order valence-electron chi connectivity index (χ2n) is 7.52. The van der Waals surface area contributed by atoms with Crippen molar-refractivity contribution in [2.75, 3.05) is 25.1 Å². The largest absolute Gasteiger partial charge is 0.481 e. The molecule has 3 heterocycles. The maximum absolute atomic E-state index is 13.0. The van der Waals surface area contributed by atoms with Crippen molar-refractivity contribution in [3.8, 4) is 23.1 Å². The number of hydrogen-bond donors (Lipinski definition) is 1. The summed E-state index contributed by atoms with van der Waals surface area (Å²) in [7, 11) is 1.45. The molecule has 0 saturated carbocycles. The number of amides is 1. The number of halogens is 3. The number of nitriles is 1. The van der Waals surface area contributed by atoms with Gasteiger partial charge in [-0.25, -0.2) is 9.97 Å². The lowest BCUT2D eigenvalue weighted by Gasteiger charge is -2.26. The van der Waals surface area contributed by atoms with Crippen LogP contribution in [-0.2, 0) is 0 Å². The zero-order chi connectivity index (χ0) is 22.8. The lowest BCUT2D eigenvalue weighted by Crippen LogP contribution is -2.43. The van der Waals surface area contributed by atoms with Crippen molar-refractivity contribution in [3.05, 3.63) is 35.8 Å².